The SMILES string of the molecule is NC(=O)Nc1ccc(NCc2cccc(C(F)F)c2)cc1. The smallest absolute Gasteiger partial charge is 0.316 e. The standard InChI is InChI=1S/C15H15F2N3O/c16-14(17)11-3-1-2-10(8-11)9-19-12-4-6-13(7-5-12)20-15(18)21/h1-8,14,19H,9H2,(H3,18,20,21). The zero-order valence-corrected chi connectivity index (χ0v) is 11.1. The van der Waals surface area contributed by atoms with Crippen LogP contribution in [0.25, 0.3) is 0 Å². The van der Waals surface area contributed by atoms with E-state index < -0.39 is 12.5 Å². The Bertz CT molecular complexity index is 615. The van der Waals surface area contributed by atoms with E-state index in [4.69, 9.17) is 5.73 Å². The number of urea groups is 1. The molecular formula is C15H15F2N3O. The number of amides is 2. The summed E-state index contributed by atoms with van der Waals surface area (Å²) in [6.07, 6.45) is -2.47. The summed E-state index contributed by atoms with van der Waals surface area (Å²) in [6.45, 7) is 0.434. The number of alkyl halides is 2. The fourth-order valence-electron chi connectivity index (χ4n) is 1.86. The Morgan fingerprint density at radius 1 is 1.10 bits per heavy atom. The predicted octanol–water partition coefficient (Wildman–Crippen LogP) is 3.73. The second-order valence-corrected chi connectivity index (χ2v) is 4.47. The maximum atomic E-state index is 12.6. The van der Waals surface area contributed by atoms with Crippen LogP contribution in [0.5, 0.6) is 0 Å². The minimum atomic E-state index is -2.47. The van der Waals surface area contributed by atoms with E-state index in [0.29, 0.717) is 12.2 Å². The molecule has 4 nitrogen and oxygen atoms in total. The average Bonchev–Trinajstić information content (AvgIpc) is 2.46. The topological polar surface area (TPSA) is 67.2 Å². The molecule has 0 atom stereocenters. The Morgan fingerprint density at radius 3 is 2.38 bits per heavy atom. The van der Waals surface area contributed by atoms with Crippen LogP contribution in [0.2, 0.25) is 0 Å². The summed E-state index contributed by atoms with van der Waals surface area (Å²) in [5, 5.41) is 5.57. The van der Waals surface area contributed by atoms with Gasteiger partial charge in [-0.3, -0.25) is 0 Å². The maximum Gasteiger partial charge on any atom is 0.316 e. The van der Waals surface area contributed by atoms with E-state index in [-0.39, 0.29) is 5.56 Å². The predicted molar refractivity (Wildman–Crippen MR) is 78.4 cm³/mol. The molecule has 0 saturated carbocycles. The highest BCUT2D eigenvalue weighted by Crippen LogP contribution is 2.20. The lowest BCUT2D eigenvalue weighted by Crippen LogP contribution is -2.19. The highest BCUT2D eigenvalue weighted by atomic mass is 19.3. The number of primary amides is 1. The number of hydrogen-bond donors (Lipinski definition) is 3. The zero-order valence-electron chi connectivity index (χ0n) is 11.1. The van der Waals surface area contributed by atoms with Crippen molar-refractivity contribution in [2.75, 3.05) is 10.6 Å². The highest BCUT2D eigenvalue weighted by molar-refractivity contribution is 5.87. The fourth-order valence-corrected chi connectivity index (χ4v) is 1.86. The second-order valence-electron chi connectivity index (χ2n) is 4.47. The summed E-state index contributed by atoms with van der Waals surface area (Å²) in [6, 6.07) is 12.6. The Labute approximate surface area is 121 Å². The van der Waals surface area contributed by atoms with Crippen LogP contribution in [0, 0.1) is 0 Å². The largest absolute Gasteiger partial charge is 0.381 e. The first-order chi connectivity index (χ1) is 10.0. The van der Waals surface area contributed by atoms with Crippen molar-refractivity contribution in [3.05, 3.63) is 59.7 Å². The van der Waals surface area contributed by atoms with Crippen molar-refractivity contribution in [1.29, 1.82) is 0 Å². The number of rotatable bonds is 5. The number of halogens is 2. The van der Waals surface area contributed by atoms with Crippen LogP contribution in [0.15, 0.2) is 48.5 Å². The van der Waals surface area contributed by atoms with Crippen molar-refractivity contribution >= 4 is 17.4 Å². The van der Waals surface area contributed by atoms with E-state index in [0.717, 1.165) is 11.3 Å². The van der Waals surface area contributed by atoms with Gasteiger partial charge in [0.1, 0.15) is 0 Å². The van der Waals surface area contributed by atoms with Gasteiger partial charge in [-0.25, -0.2) is 13.6 Å². The molecule has 2 aromatic rings. The Balaban J connectivity index is 1.96. The van der Waals surface area contributed by atoms with E-state index >= 15 is 0 Å². The molecule has 0 heterocycles. The first-order valence-electron chi connectivity index (χ1n) is 6.32. The van der Waals surface area contributed by atoms with Gasteiger partial charge in [0, 0.05) is 23.5 Å². The molecule has 0 spiro atoms. The van der Waals surface area contributed by atoms with E-state index in [1.165, 1.54) is 12.1 Å². The molecule has 110 valence electrons. The van der Waals surface area contributed by atoms with Gasteiger partial charge >= 0.3 is 6.03 Å². The molecule has 0 radical (unpaired) electrons. The quantitative estimate of drug-likeness (QED) is 0.785. The molecule has 2 rings (SSSR count). The molecule has 21 heavy (non-hydrogen) atoms. The minimum Gasteiger partial charge on any atom is -0.381 e. The summed E-state index contributed by atoms with van der Waals surface area (Å²) in [5.74, 6) is 0. The molecule has 0 aliphatic rings. The van der Waals surface area contributed by atoms with Crippen molar-refractivity contribution in [2.24, 2.45) is 5.73 Å². The molecule has 0 fully saturated rings. The van der Waals surface area contributed by atoms with Crippen LogP contribution in [0.3, 0.4) is 0 Å². The summed E-state index contributed by atoms with van der Waals surface area (Å²) < 4.78 is 25.2. The third-order valence-electron chi connectivity index (χ3n) is 2.85. The van der Waals surface area contributed by atoms with Gasteiger partial charge in [0.2, 0.25) is 0 Å². The van der Waals surface area contributed by atoms with E-state index in [2.05, 4.69) is 10.6 Å². The van der Waals surface area contributed by atoms with Crippen LogP contribution in [0.1, 0.15) is 17.6 Å². The molecule has 2 amide bonds. The number of benzene rings is 2. The molecule has 0 saturated heterocycles. The molecule has 0 aromatic heterocycles. The van der Waals surface area contributed by atoms with Crippen molar-refractivity contribution < 1.29 is 13.6 Å². The minimum absolute atomic E-state index is 0.00954. The molecule has 0 aliphatic heterocycles. The van der Waals surface area contributed by atoms with E-state index in [1.807, 2.05) is 0 Å². The van der Waals surface area contributed by atoms with Gasteiger partial charge < -0.3 is 16.4 Å². The number of nitrogens with two attached hydrogens (primary N) is 1. The highest BCUT2D eigenvalue weighted by Gasteiger charge is 2.06. The van der Waals surface area contributed by atoms with Crippen molar-refractivity contribution in [2.45, 2.75) is 13.0 Å². The molecule has 0 unspecified atom stereocenters. The van der Waals surface area contributed by atoms with Gasteiger partial charge in [0.05, 0.1) is 0 Å². The van der Waals surface area contributed by atoms with Gasteiger partial charge in [-0.15, -0.1) is 0 Å². The molecule has 0 aliphatic carbocycles. The number of carbonyl (C=O) groups is 1. The Hall–Kier alpha value is -2.63. The van der Waals surface area contributed by atoms with Crippen molar-refractivity contribution in [3.8, 4) is 0 Å². The maximum absolute atomic E-state index is 12.6. The Morgan fingerprint density at radius 2 is 1.76 bits per heavy atom. The lowest BCUT2D eigenvalue weighted by molar-refractivity contribution is 0.151. The number of carbonyl (C=O) groups excluding carboxylic acids is 1. The third-order valence-corrected chi connectivity index (χ3v) is 2.85. The van der Waals surface area contributed by atoms with E-state index in [9.17, 15) is 13.6 Å². The summed E-state index contributed by atoms with van der Waals surface area (Å²) in [4.78, 5) is 10.7. The first kappa shape index (κ1) is 14.8. The van der Waals surface area contributed by atoms with Crippen LogP contribution in [0.4, 0.5) is 25.0 Å². The summed E-state index contributed by atoms with van der Waals surface area (Å²) in [5.41, 5.74) is 7.19. The lowest BCUT2D eigenvalue weighted by atomic mass is 10.1. The second kappa shape index (κ2) is 6.69. The van der Waals surface area contributed by atoms with E-state index in [1.54, 1.807) is 36.4 Å². The summed E-state index contributed by atoms with van der Waals surface area (Å²) >= 11 is 0. The summed E-state index contributed by atoms with van der Waals surface area (Å²) in [7, 11) is 0. The fraction of sp³-hybridized carbons (Fsp3) is 0.133. The van der Waals surface area contributed by atoms with Gasteiger partial charge in [-0.05, 0) is 35.9 Å². The van der Waals surface area contributed by atoms with Crippen LogP contribution in [-0.2, 0) is 6.54 Å². The lowest BCUT2D eigenvalue weighted by Gasteiger charge is -2.09. The molecule has 0 bridgehead atoms. The van der Waals surface area contributed by atoms with Gasteiger partial charge in [-0.2, -0.15) is 0 Å². The number of hydrogen-bond acceptors (Lipinski definition) is 2. The van der Waals surface area contributed by atoms with Gasteiger partial charge in [-0.1, -0.05) is 18.2 Å². The van der Waals surface area contributed by atoms with Gasteiger partial charge in [0.25, 0.3) is 6.43 Å². The molecular weight excluding hydrogens is 276 g/mol. The average molecular weight is 291 g/mol. The van der Waals surface area contributed by atoms with Crippen molar-refractivity contribution in [3.63, 3.8) is 0 Å². The number of nitrogens with one attached hydrogen (secondary N) is 2. The van der Waals surface area contributed by atoms with Crippen LogP contribution >= 0.6 is 0 Å². The van der Waals surface area contributed by atoms with Crippen LogP contribution < -0.4 is 16.4 Å². The molecule has 6 heteroatoms. The van der Waals surface area contributed by atoms with Crippen LogP contribution in [-0.4, -0.2) is 6.03 Å². The van der Waals surface area contributed by atoms with Crippen molar-refractivity contribution in [1.82, 2.24) is 0 Å². The first-order valence-corrected chi connectivity index (χ1v) is 6.32. The molecule has 4 N–H and O–H groups in total. The molecule has 2 aromatic carbocycles. The zero-order chi connectivity index (χ0) is 15.2. The normalized spacial score (nSPS) is 10.4. The Kier molecular flexibility index (Phi) is 4.71. The number of anilines is 2. The third kappa shape index (κ3) is 4.45. The van der Waals surface area contributed by atoms with Gasteiger partial charge in [0.15, 0.2) is 0 Å². The monoisotopic (exact) mass is 291 g/mol.